The van der Waals surface area contributed by atoms with Crippen molar-refractivity contribution in [2.45, 2.75) is 20.0 Å². The summed E-state index contributed by atoms with van der Waals surface area (Å²) in [7, 11) is 3.51. The molecule has 2 amide bonds. The number of pyridine rings is 1. The van der Waals surface area contributed by atoms with Gasteiger partial charge in [0.2, 0.25) is 5.88 Å². The number of carbonyl (C=O) groups excluding carboxylic acids is 2. The Morgan fingerprint density at radius 3 is 2.28 bits per heavy atom. The number of hydrogen-bond donors (Lipinski definition) is 1. The second-order valence-electron chi connectivity index (χ2n) is 9.97. The molecule has 1 N–H and O–H groups in total. The first-order valence-corrected chi connectivity index (χ1v) is 14.7. The Labute approximate surface area is 266 Å². The van der Waals surface area contributed by atoms with E-state index in [2.05, 4.69) is 10.3 Å². The molecule has 2 aromatic carbocycles. The number of nitrogens with zero attached hydrogens (tertiary/aromatic N) is 4. The fourth-order valence-corrected chi connectivity index (χ4v) is 5.76. The van der Waals surface area contributed by atoms with E-state index in [-0.39, 0.29) is 47.7 Å². The number of anilines is 2. The van der Waals surface area contributed by atoms with Gasteiger partial charge in [-0.05, 0) is 62.5 Å². The number of carbonyl (C=O) groups is 2. The van der Waals surface area contributed by atoms with Gasteiger partial charge in [-0.15, -0.1) is 11.3 Å². The molecule has 0 atom stereocenters. The Morgan fingerprint density at radius 2 is 1.67 bits per heavy atom. The molecule has 2 aromatic heterocycles. The zero-order chi connectivity index (χ0) is 33.4. The van der Waals surface area contributed by atoms with E-state index in [4.69, 9.17) is 9.47 Å². The summed E-state index contributed by atoms with van der Waals surface area (Å²) in [6.45, 7) is 0.0317. The molecule has 0 bridgehead atoms. The lowest BCUT2D eigenvalue weighted by molar-refractivity contribution is -0.384. The maximum absolute atomic E-state index is 14.9. The van der Waals surface area contributed by atoms with Crippen molar-refractivity contribution in [2.75, 3.05) is 44.2 Å². The molecule has 0 unspecified atom stereocenters. The third-order valence-corrected chi connectivity index (χ3v) is 7.74. The molecular weight excluding hydrogens is 627 g/mol. The summed E-state index contributed by atoms with van der Waals surface area (Å²) in [5, 5.41) is 14.0. The number of aromatic nitrogens is 1. The van der Waals surface area contributed by atoms with Crippen molar-refractivity contribution in [2.24, 2.45) is 0 Å². The summed E-state index contributed by atoms with van der Waals surface area (Å²) in [5.41, 5.74) is 0.309. The van der Waals surface area contributed by atoms with Gasteiger partial charge in [0.1, 0.15) is 35.7 Å². The number of non-ortho nitro benzene ring substituents is 1. The van der Waals surface area contributed by atoms with Crippen molar-refractivity contribution in [3.8, 4) is 16.3 Å². The number of nitrogens with one attached hydrogen (secondary N) is 1. The number of thiophene rings is 1. The monoisotopic (exact) mass is 657 g/mol. The summed E-state index contributed by atoms with van der Waals surface area (Å²) in [4.78, 5) is 45.8. The second-order valence-corrected chi connectivity index (χ2v) is 11.0. The summed E-state index contributed by atoms with van der Waals surface area (Å²) in [5.74, 6) is -2.43. The van der Waals surface area contributed by atoms with Crippen molar-refractivity contribution in [3.05, 3.63) is 99.1 Å². The predicted molar refractivity (Wildman–Crippen MR) is 167 cm³/mol. The second kappa shape index (κ2) is 15.3. The van der Waals surface area contributed by atoms with E-state index in [1.807, 2.05) is 0 Å². The van der Waals surface area contributed by atoms with Crippen molar-refractivity contribution >= 4 is 39.8 Å². The van der Waals surface area contributed by atoms with E-state index in [1.54, 1.807) is 32.0 Å². The highest BCUT2D eigenvalue weighted by Crippen LogP contribution is 2.44. The van der Waals surface area contributed by atoms with Crippen molar-refractivity contribution in [1.29, 1.82) is 0 Å². The van der Waals surface area contributed by atoms with E-state index >= 15 is 0 Å². The van der Waals surface area contributed by atoms with Crippen LogP contribution < -0.4 is 15.0 Å². The Kier molecular flexibility index (Phi) is 11.3. The minimum Gasteiger partial charge on any atom is -0.475 e. The molecule has 46 heavy (non-hydrogen) atoms. The van der Waals surface area contributed by atoms with Gasteiger partial charge in [0.25, 0.3) is 11.6 Å². The van der Waals surface area contributed by atoms with Gasteiger partial charge in [-0.25, -0.2) is 18.0 Å². The molecule has 0 fully saturated rings. The van der Waals surface area contributed by atoms with Gasteiger partial charge in [-0.2, -0.15) is 4.98 Å². The average molecular weight is 658 g/mol. The maximum Gasteiger partial charge on any atom is 0.415 e. The van der Waals surface area contributed by atoms with Crippen LogP contribution in [-0.2, 0) is 17.8 Å². The van der Waals surface area contributed by atoms with Gasteiger partial charge in [0, 0.05) is 35.2 Å². The normalized spacial score (nSPS) is 10.9. The lowest BCUT2D eigenvalue weighted by Gasteiger charge is -2.23. The number of benzene rings is 2. The van der Waals surface area contributed by atoms with Gasteiger partial charge in [-0.3, -0.25) is 19.8 Å². The van der Waals surface area contributed by atoms with Crippen LogP contribution >= 0.6 is 11.3 Å². The number of nitro groups is 1. The van der Waals surface area contributed by atoms with Gasteiger partial charge in [0.05, 0.1) is 23.6 Å². The molecule has 0 aliphatic rings. The highest BCUT2D eigenvalue weighted by atomic mass is 32.1. The molecule has 15 heteroatoms. The Bertz CT molecular complexity index is 1700. The maximum atomic E-state index is 14.9. The van der Waals surface area contributed by atoms with Gasteiger partial charge < -0.3 is 19.7 Å². The molecule has 4 aromatic rings. The molecule has 0 radical (unpaired) electrons. The molecular formula is C31H30F3N5O6S. The quantitative estimate of drug-likeness (QED) is 0.123. The van der Waals surface area contributed by atoms with Crippen LogP contribution in [0.15, 0.2) is 60.7 Å². The molecule has 0 aliphatic carbocycles. The highest BCUT2D eigenvalue weighted by Gasteiger charge is 2.33. The largest absolute Gasteiger partial charge is 0.475 e. The molecule has 0 saturated carbocycles. The van der Waals surface area contributed by atoms with E-state index in [0.29, 0.717) is 16.0 Å². The van der Waals surface area contributed by atoms with Gasteiger partial charge in [0.15, 0.2) is 0 Å². The number of alkyl halides is 1. The summed E-state index contributed by atoms with van der Waals surface area (Å²) in [6.07, 6.45) is -0.966. The lowest BCUT2D eigenvalue weighted by Crippen LogP contribution is -2.33. The Balaban J connectivity index is 1.94. The SMILES string of the molecule is CCOC(=O)N(Cc1c(F)cccc1F)c1sc(-c2ccc([N+](=O)[O-])cc2)c(CN(C)C)c1C(=O)Nc1cccc(OCCF)n1. The predicted octanol–water partition coefficient (Wildman–Crippen LogP) is 6.82. The number of halogens is 3. The van der Waals surface area contributed by atoms with Crippen LogP contribution in [0.4, 0.5) is 34.5 Å². The fourth-order valence-electron chi connectivity index (χ4n) is 4.46. The summed E-state index contributed by atoms with van der Waals surface area (Å²) < 4.78 is 52.9. The molecule has 0 spiro atoms. The molecule has 0 saturated heterocycles. The number of nitro benzene ring substituents is 1. The number of hydrogen-bond acceptors (Lipinski definition) is 9. The minimum absolute atomic E-state index is 0.00800. The van der Waals surface area contributed by atoms with Crippen LogP contribution in [0.25, 0.3) is 10.4 Å². The first-order valence-electron chi connectivity index (χ1n) is 13.9. The van der Waals surface area contributed by atoms with Gasteiger partial charge >= 0.3 is 6.09 Å². The molecule has 11 nitrogen and oxygen atoms in total. The molecule has 2 heterocycles. The van der Waals surface area contributed by atoms with Crippen LogP contribution in [0, 0.1) is 21.7 Å². The van der Waals surface area contributed by atoms with E-state index in [0.717, 1.165) is 28.4 Å². The third kappa shape index (κ3) is 7.97. The number of amides is 2. The van der Waals surface area contributed by atoms with Gasteiger partial charge in [-0.1, -0.05) is 12.1 Å². The average Bonchev–Trinajstić information content (AvgIpc) is 3.38. The minimum atomic E-state index is -0.966. The Hall–Kier alpha value is -5.02. The van der Waals surface area contributed by atoms with Crippen LogP contribution in [0.2, 0.25) is 0 Å². The topological polar surface area (TPSA) is 127 Å². The number of ether oxygens (including phenoxy) is 2. The first-order chi connectivity index (χ1) is 22.0. The van der Waals surface area contributed by atoms with E-state index in [1.165, 1.54) is 42.5 Å². The standard InChI is InChI=1S/C31H30F3N5O6S/c1-4-44-31(41)38(18-21-23(33)7-5-8-24(21)34)30-27(29(40)36-25-9-6-10-26(35-25)45-16-15-32)22(17-37(2)3)28(46-30)19-11-13-20(14-12-19)39(42)43/h5-14H,4,15-18H2,1-3H3,(H,35,36,40). The molecule has 242 valence electrons. The van der Waals surface area contributed by atoms with E-state index < -0.39 is 47.3 Å². The van der Waals surface area contributed by atoms with Crippen LogP contribution in [0.1, 0.15) is 28.4 Å². The number of rotatable bonds is 13. The summed E-state index contributed by atoms with van der Waals surface area (Å²) >= 11 is 0.978. The molecule has 0 aliphatic heterocycles. The molecule has 4 rings (SSSR count). The zero-order valence-electron chi connectivity index (χ0n) is 25.1. The van der Waals surface area contributed by atoms with Crippen molar-refractivity contribution < 1.29 is 37.2 Å². The first kappa shape index (κ1) is 33.9. The van der Waals surface area contributed by atoms with E-state index in [9.17, 15) is 32.9 Å². The van der Waals surface area contributed by atoms with Crippen LogP contribution in [0.3, 0.4) is 0 Å². The highest BCUT2D eigenvalue weighted by molar-refractivity contribution is 7.20. The van der Waals surface area contributed by atoms with Crippen LogP contribution in [0.5, 0.6) is 5.88 Å². The fraction of sp³-hybridized carbons (Fsp3) is 0.258. The summed E-state index contributed by atoms with van der Waals surface area (Å²) in [6, 6.07) is 13.4. The third-order valence-electron chi connectivity index (χ3n) is 6.43. The van der Waals surface area contributed by atoms with Crippen molar-refractivity contribution in [1.82, 2.24) is 9.88 Å². The van der Waals surface area contributed by atoms with Crippen molar-refractivity contribution in [3.63, 3.8) is 0 Å². The zero-order valence-corrected chi connectivity index (χ0v) is 25.9. The Morgan fingerprint density at radius 1 is 1.00 bits per heavy atom. The van der Waals surface area contributed by atoms with Crippen LogP contribution in [-0.4, -0.2) is 60.8 Å². The smallest absolute Gasteiger partial charge is 0.415 e. The lowest BCUT2D eigenvalue weighted by atomic mass is 10.0.